The summed E-state index contributed by atoms with van der Waals surface area (Å²) in [5.41, 5.74) is 1.61. The molecule has 1 saturated heterocycles. The molecule has 6 heteroatoms. The first-order chi connectivity index (χ1) is 13.5. The lowest BCUT2D eigenvalue weighted by molar-refractivity contribution is -0.122. The molecular weight excluding hydrogens is 378 g/mol. The Labute approximate surface area is 167 Å². The number of anilines is 1. The second kappa shape index (κ2) is 7.24. The van der Waals surface area contributed by atoms with Gasteiger partial charge >= 0.3 is 5.97 Å². The molecule has 2 aliphatic rings. The van der Waals surface area contributed by atoms with Crippen LogP contribution >= 0.6 is 11.6 Å². The number of carbonyl (C=O) groups is 3. The average Bonchev–Trinajstić information content (AvgIpc) is 2.92. The van der Waals surface area contributed by atoms with Gasteiger partial charge in [-0.25, -0.2) is 9.69 Å². The second-order valence-electron chi connectivity index (χ2n) is 7.05. The fraction of sp³-hybridized carbons (Fsp3) is 0.227. The Kier molecular flexibility index (Phi) is 4.77. The van der Waals surface area contributed by atoms with E-state index in [1.54, 1.807) is 48.5 Å². The molecule has 1 fully saturated rings. The molecule has 0 saturated carbocycles. The van der Waals surface area contributed by atoms with Gasteiger partial charge in [0.1, 0.15) is 0 Å². The van der Waals surface area contributed by atoms with Crippen molar-refractivity contribution in [3.63, 3.8) is 0 Å². The molecule has 1 aliphatic carbocycles. The standard InChI is InChI=1S/C22H18ClNO4/c1-13-10-11-14-16(12-13)21(26)24(20(14)25)18-8-4-5-9-19(18)28-22(27)15-6-2-3-7-17(15)23/h2-10,14,16H,11-12H2,1H3/t14-,16-/m1/s1. The maximum Gasteiger partial charge on any atom is 0.345 e. The summed E-state index contributed by atoms with van der Waals surface area (Å²) in [5.74, 6) is -1.71. The number of halogens is 1. The van der Waals surface area contributed by atoms with Crippen molar-refractivity contribution >= 4 is 35.1 Å². The molecule has 142 valence electrons. The van der Waals surface area contributed by atoms with E-state index in [-0.39, 0.29) is 45.7 Å². The monoisotopic (exact) mass is 395 g/mol. The highest BCUT2D eigenvalue weighted by molar-refractivity contribution is 6.33. The van der Waals surface area contributed by atoms with Crippen molar-refractivity contribution in [1.29, 1.82) is 0 Å². The first-order valence-corrected chi connectivity index (χ1v) is 9.44. The van der Waals surface area contributed by atoms with Crippen molar-refractivity contribution in [1.82, 2.24) is 0 Å². The number of fused-ring (bicyclic) bond motifs is 1. The molecule has 28 heavy (non-hydrogen) atoms. The molecule has 0 unspecified atom stereocenters. The third-order valence-corrected chi connectivity index (χ3v) is 5.56. The smallest absolute Gasteiger partial charge is 0.345 e. The third-order valence-electron chi connectivity index (χ3n) is 5.23. The zero-order valence-corrected chi connectivity index (χ0v) is 16.0. The number of hydrogen-bond acceptors (Lipinski definition) is 4. The number of carbonyl (C=O) groups excluding carboxylic acids is 3. The second-order valence-corrected chi connectivity index (χ2v) is 7.46. The predicted molar refractivity (Wildman–Crippen MR) is 105 cm³/mol. The van der Waals surface area contributed by atoms with E-state index in [0.29, 0.717) is 12.8 Å². The SMILES string of the molecule is CC1=CC[C@H]2C(=O)N(c3ccccc3OC(=O)c3ccccc3Cl)C(=O)[C@@H]2C1. The number of rotatable bonds is 3. The largest absolute Gasteiger partial charge is 0.421 e. The Hall–Kier alpha value is -2.92. The number of esters is 1. The van der Waals surface area contributed by atoms with Gasteiger partial charge in [0, 0.05) is 0 Å². The summed E-state index contributed by atoms with van der Waals surface area (Å²) in [7, 11) is 0. The van der Waals surface area contributed by atoms with Gasteiger partial charge in [-0.15, -0.1) is 0 Å². The number of amides is 2. The molecule has 1 heterocycles. The van der Waals surface area contributed by atoms with E-state index >= 15 is 0 Å². The van der Waals surface area contributed by atoms with Gasteiger partial charge in [-0.05, 0) is 44.0 Å². The van der Waals surface area contributed by atoms with Crippen molar-refractivity contribution in [2.75, 3.05) is 4.90 Å². The Morgan fingerprint density at radius 2 is 1.71 bits per heavy atom. The Morgan fingerprint density at radius 1 is 1.04 bits per heavy atom. The van der Waals surface area contributed by atoms with Gasteiger partial charge in [0.15, 0.2) is 5.75 Å². The summed E-state index contributed by atoms with van der Waals surface area (Å²) in [6.45, 7) is 1.97. The van der Waals surface area contributed by atoms with E-state index in [9.17, 15) is 14.4 Å². The summed E-state index contributed by atoms with van der Waals surface area (Å²) in [4.78, 5) is 39.6. The van der Waals surface area contributed by atoms with E-state index in [1.807, 2.05) is 13.0 Å². The molecule has 2 aromatic carbocycles. The van der Waals surface area contributed by atoms with Crippen LogP contribution < -0.4 is 9.64 Å². The van der Waals surface area contributed by atoms with Gasteiger partial charge in [0.2, 0.25) is 11.8 Å². The Bertz CT molecular complexity index is 1010. The number of benzene rings is 2. The molecule has 2 amide bonds. The fourth-order valence-electron chi connectivity index (χ4n) is 3.78. The molecule has 0 aromatic heterocycles. The van der Waals surface area contributed by atoms with Gasteiger partial charge < -0.3 is 4.74 Å². The van der Waals surface area contributed by atoms with E-state index in [4.69, 9.17) is 16.3 Å². The number of para-hydroxylation sites is 2. The minimum absolute atomic E-state index is 0.150. The minimum atomic E-state index is -0.646. The average molecular weight is 396 g/mol. The van der Waals surface area contributed by atoms with E-state index in [0.717, 1.165) is 10.5 Å². The van der Waals surface area contributed by atoms with Crippen LogP contribution in [0.25, 0.3) is 0 Å². The van der Waals surface area contributed by atoms with Crippen molar-refractivity contribution in [2.45, 2.75) is 19.8 Å². The number of hydrogen-bond donors (Lipinski definition) is 0. The van der Waals surface area contributed by atoms with Crippen LogP contribution in [0.4, 0.5) is 5.69 Å². The van der Waals surface area contributed by atoms with Crippen molar-refractivity contribution in [3.8, 4) is 5.75 Å². The summed E-state index contributed by atoms with van der Waals surface area (Å²) in [6, 6.07) is 13.1. The maximum atomic E-state index is 13.0. The number of ether oxygens (including phenoxy) is 1. The first kappa shape index (κ1) is 18.4. The molecule has 0 N–H and O–H groups in total. The molecule has 0 bridgehead atoms. The van der Waals surface area contributed by atoms with E-state index in [2.05, 4.69) is 0 Å². The lowest BCUT2D eigenvalue weighted by atomic mass is 9.82. The number of nitrogens with zero attached hydrogens (tertiary/aromatic N) is 1. The van der Waals surface area contributed by atoms with E-state index < -0.39 is 5.97 Å². The van der Waals surface area contributed by atoms with Crippen LogP contribution in [-0.4, -0.2) is 17.8 Å². The molecule has 5 nitrogen and oxygen atoms in total. The third kappa shape index (κ3) is 3.12. The molecule has 2 aromatic rings. The normalized spacial score (nSPS) is 21.4. The van der Waals surface area contributed by atoms with Crippen LogP contribution in [0, 0.1) is 11.8 Å². The van der Waals surface area contributed by atoms with E-state index in [1.165, 1.54) is 0 Å². The highest BCUT2D eigenvalue weighted by Gasteiger charge is 2.49. The summed E-state index contributed by atoms with van der Waals surface area (Å²) in [5, 5.41) is 0.269. The molecule has 2 atom stereocenters. The molecule has 0 radical (unpaired) electrons. The van der Waals surface area contributed by atoms with Gasteiger partial charge in [0.05, 0.1) is 28.1 Å². The van der Waals surface area contributed by atoms with Crippen LogP contribution in [0.15, 0.2) is 60.2 Å². The molecule has 0 spiro atoms. The van der Waals surface area contributed by atoms with Crippen molar-refractivity contribution in [2.24, 2.45) is 11.8 Å². The zero-order chi connectivity index (χ0) is 19.8. The first-order valence-electron chi connectivity index (χ1n) is 9.06. The van der Waals surface area contributed by atoms with Crippen LogP contribution in [0.2, 0.25) is 5.02 Å². The Morgan fingerprint density at radius 3 is 2.50 bits per heavy atom. The van der Waals surface area contributed by atoms with Crippen LogP contribution in [-0.2, 0) is 9.59 Å². The van der Waals surface area contributed by atoms with Crippen LogP contribution in [0.1, 0.15) is 30.1 Å². The summed E-state index contributed by atoms with van der Waals surface area (Å²) < 4.78 is 5.51. The summed E-state index contributed by atoms with van der Waals surface area (Å²) >= 11 is 6.07. The molecular formula is C22H18ClNO4. The van der Waals surface area contributed by atoms with Crippen LogP contribution in [0.5, 0.6) is 5.75 Å². The highest BCUT2D eigenvalue weighted by atomic mass is 35.5. The lowest BCUT2D eigenvalue weighted by Gasteiger charge is -2.19. The quantitative estimate of drug-likeness (QED) is 0.334. The molecule has 4 rings (SSSR count). The number of imide groups is 1. The van der Waals surface area contributed by atoms with Crippen molar-refractivity contribution in [3.05, 3.63) is 70.8 Å². The number of allylic oxidation sites excluding steroid dienone is 2. The summed E-state index contributed by atoms with van der Waals surface area (Å²) in [6.07, 6.45) is 3.14. The Balaban J connectivity index is 1.66. The van der Waals surface area contributed by atoms with Gasteiger partial charge in [-0.1, -0.05) is 47.5 Å². The maximum absolute atomic E-state index is 13.0. The van der Waals surface area contributed by atoms with Gasteiger partial charge in [-0.3, -0.25) is 9.59 Å². The highest BCUT2D eigenvalue weighted by Crippen LogP contribution is 2.42. The molecule has 1 aliphatic heterocycles. The van der Waals surface area contributed by atoms with Gasteiger partial charge in [0.25, 0.3) is 0 Å². The van der Waals surface area contributed by atoms with Crippen LogP contribution in [0.3, 0.4) is 0 Å². The fourth-order valence-corrected chi connectivity index (χ4v) is 4.00. The lowest BCUT2D eigenvalue weighted by Crippen LogP contribution is -2.31. The minimum Gasteiger partial charge on any atom is -0.421 e. The predicted octanol–water partition coefficient (Wildman–Crippen LogP) is 4.40. The topological polar surface area (TPSA) is 63.7 Å². The zero-order valence-electron chi connectivity index (χ0n) is 15.2. The van der Waals surface area contributed by atoms with Gasteiger partial charge in [-0.2, -0.15) is 0 Å². The van der Waals surface area contributed by atoms with Crippen molar-refractivity contribution < 1.29 is 19.1 Å².